The summed E-state index contributed by atoms with van der Waals surface area (Å²) in [6.07, 6.45) is 0. The van der Waals surface area contributed by atoms with Gasteiger partial charge in [0.25, 0.3) is 0 Å². The van der Waals surface area contributed by atoms with E-state index in [-0.39, 0.29) is 6.61 Å². The minimum Gasteiger partial charge on any atom is -0.394 e. The largest absolute Gasteiger partial charge is 0.394 e. The lowest BCUT2D eigenvalue weighted by Crippen LogP contribution is -2.16. The van der Waals surface area contributed by atoms with Gasteiger partial charge in [0, 0.05) is 7.11 Å². The van der Waals surface area contributed by atoms with Crippen molar-refractivity contribution < 1.29 is 152 Å². The van der Waals surface area contributed by atoms with Crippen LogP contribution in [0.4, 0.5) is 0 Å². The topological polar surface area (TPSA) is 306 Å². The second-order valence-corrected chi connectivity index (χ2v) is 19.1. The number of hydrogen-bond acceptors (Lipinski definition) is 32. The average molecular weight is 1400 g/mol. The highest BCUT2D eigenvalue weighted by Gasteiger charge is 2.02. The fourth-order valence-electron chi connectivity index (χ4n) is 6.69. The second kappa shape index (κ2) is 92.7. The van der Waals surface area contributed by atoms with E-state index >= 15 is 0 Å². The van der Waals surface area contributed by atoms with Gasteiger partial charge in [-0.25, -0.2) is 0 Å². The predicted octanol–water partition coefficient (Wildman–Crippen LogP) is 0.123. The molecule has 0 spiro atoms. The number of ether oxygens (including phenoxy) is 31. The molecule has 95 heavy (non-hydrogen) atoms. The van der Waals surface area contributed by atoms with Crippen LogP contribution >= 0.6 is 0 Å². The molecule has 0 atom stereocenters. The molecule has 0 aromatic carbocycles. The molecule has 572 valence electrons. The molecule has 0 heterocycles. The van der Waals surface area contributed by atoms with E-state index in [4.69, 9.17) is 152 Å². The molecule has 0 aromatic heterocycles. The van der Waals surface area contributed by atoms with Crippen molar-refractivity contribution in [3.05, 3.63) is 0 Å². The Morgan fingerprint density at radius 2 is 0.168 bits per heavy atom. The molecular formula is C63H128O32. The van der Waals surface area contributed by atoms with Crippen molar-refractivity contribution in [1.29, 1.82) is 0 Å². The Labute approximate surface area is 567 Å². The van der Waals surface area contributed by atoms with Crippen LogP contribution in [0.2, 0.25) is 0 Å². The molecule has 32 heteroatoms. The van der Waals surface area contributed by atoms with Gasteiger partial charge in [0.15, 0.2) is 0 Å². The van der Waals surface area contributed by atoms with Gasteiger partial charge in [-0.3, -0.25) is 0 Å². The molecule has 0 saturated heterocycles. The quantitative estimate of drug-likeness (QED) is 0.0791. The molecule has 0 amide bonds. The maximum absolute atomic E-state index is 8.62. The van der Waals surface area contributed by atoms with Crippen molar-refractivity contribution in [2.45, 2.75) is 0 Å². The van der Waals surface area contributed by atoms with Crippen LogP contribution in [0.25, 0.3) is 0 Å². The Hall–Kier alpha value is -1.28. The molecule has 0 bridgehead atoms. The van der Waals surface area contributed by atoms with Crippen LogP contribution in [0.15, 0.2) is 0 Å². The van der Waals surface area contributed by atoms with Crippen molar-refractivity contribution in [2.24, 2.45) is 0 Å². The lowest BCUT2D eigenvalue weighted by molar-refractivity contribution is -0.0325. The van der Waals surface area contributed by atoms with Gasteiger partial charge in [-0.05, 0) is 0 Å². The molecule has 0 aliphatic rings. The molecule has 0 saturated carbocycles. The summed E-state index contributed by atoms with van der Waals surface area (Å²) >= 11 is 0. The first-order valence-corrected chi connectivity index (χ1v) is 33.8. The average Bonchev–Trinajstić information content (AvgIpc) is 3.59. The van der Waals surface area contributed by atoms with Crippen LogP contribution in [0.1, 0.15) is 0 Å². The van der Waals surface area contributed by atoms with Crippen molar-refractivity contribution >= 4 is 0 Å². The van der Waals surface area contributed by atoms with Crippen LogP contribution in [-0.4, -0.2) is 422 Å². The highest BCUT2D eigenvalue weighted by Crippen LogP contribution is 1.93. The first-order valence-electron chi connectivity index (χ1n) is 33.8. The van der Waals surface area contributed by atoms with Crippen molar-refractivity contribution in [1.82, 2.24) is 0 Å². The van der Waals surface area contributed by atoms with Gasteiger partial charge in [0.1, 0.15) is 0 Å². The van der Waals surface area contributed by atoms with Gasteiger partial charge in [-0.1, -0.05) is 0 Å². The number of aliphatic hydroxyl groups excluding tert-OH is 1. The molecule has 1 N–H and O–H groups in total. The van der Waals surface area contributed by atoms with Crippen LogP contribution in [0.5, 0.6) is 0 Å². The Balaban J connectivity index is 3.09. The number of aliphatic hydroxyl groups is 1. The second-order valence-electron chi connectivity index (χ2n) is 19.1. The summed E-state index contributed by atoms with van der Waals surface area (Å²) in [7, 11) is 1.64. The van der Waals surface area contributed by atoms with E-state index in [0.717, 1.165) is 0 Å². The van der Waals surface area contributed by atoms with Gasteiger partial charge in [-0.2, -0.15) is 0 Å². The molecule has 0 aromatic rings. The Morgan fingerprint density at radius 1 is 0.105 bits per heavy atom. The third-order valence-electron chi connectivity index (χ3n) is 11.5. The molecule has 0 fully saturated rings. The Morgan fingerprint density at radius 3 is 0.232 bits per heavy atom. The van der Waals surface area contributed by atoms with Crippen molar-refractivity contribution in [3.8, 4) is 0 Å². The van der Waals surface area contributed by atoms with E-state index in [1.807, 2.05) is 0 Å². The SMILES string of the molecule is COCCOCCOCCOCCOCCOCCOCCOCCOCCOCCOCCOCCOCCOCCOCCOCCOCCOCCOCCOCCOCCOCCOCCOCCOCCOCCOCCOCCOCCOCCOCCO. The van der Waals surface area contributed by atoms with E-state index < -0.39 is 0 Å². The van der Waals surface area contributed by atoms with E-state index in [2.05, 4.69) is 0 Å². The zero-order chi connectivity index (χ0) is 67.8. The minimum absolute atomic E-state index is 0.0165. The summed E-state index contributed by atoms with van der Waals surface area (Å²) in [6.45, 7) is 29.9. The van der Waals surface area contributed by atoms with Gasteiger partial charge < -0.3 is 152 Å². The van der Waals surface area contributed by atoms with Crippen molar-refractivity contribution in [3.63, 3.8) is 0 Å². The summed E-state index contributed by atoms with van der Waals surface area (Å²) in [5, 5.41) is 8.62. The van der Waals surface area contributed by atoms with Gasteiger partial charge >= 0.3 is 0 Å². The molecule has 0 unspecified atom stereocenters. The zero-order valence-corrected chi connectivity index (χ0v) is 57.9. The third-order valence-corrected chi connectivity index (χ3v) is 11.5. The maximum atomic E-state index is 8.62. The van der Waals surface area contributed by atoms with E-state index in [1.165, 1.54) is 0 Å². The number of rotatable bonds is 92. The van der Waals surface area contributed by atoms with Gasteiger partial charge in [-0.15, -0.1) is 0 Å². The van der Waals surface area contributed by atoms with E-state index in [9.17, 15) is 0 Å². The van der Waals surface area contributed by atoms with E-state index in [0.29, 0.717) is 403 Å². The summed E-state index contributed by atoms with van der Waals surface area (Å²) in [5.74, 6) is 0. The highest BCUT2D eigenvalue weighted by atomic mass is 16.6. The van der Waals surface area contributed by atoms with Crippen molar-refractivity contribution in [2.75, 3.05) is 417 Å². The van der Waals surface area contributed by atoms with E-state index in [1.54, 1.807) is 7.11 Å². The predicted molar refractivity (Wildman–Crippen MR) is 344 cm³/mol. The first kappa shape index (κ1) is 93.7. The summed E-state index contributed by atoms with van der Waals surface area (Å²) < 4.78 is 169. The van der Waals surface area contributed by atoms with Gasteiger partial charge in [0.2, 0.25) is 0 Å². The molecular weight excluding hydrogens is 1270 g/mol. The fraction of sp³-hybridized carbons (Fsp3) is 1.00. The third kappa shape index (κ3) is 92.7. The number of methoxy groups -OCH3 is 1. The lowest BCUT2D eigenvalue weighted by atomic mass is 10.6. The summed E-state index contributed by atoms with van der Waals surface area (Å²) in [6, 6.07) is 0. The normalized spacial score (nSPS) is 11.8. The fourth-order valence-corrected chi connectivity index (χ4v) is 6.69. The molecule has 0 radical (unpaired) electrons. The Bertz CT molecular complexity index is 1210. The van der Waals surface area contributed by atoms with Crippen LogP contribution in [0.3, 0.4) is 0 Å². The standard InChI is InChI=1S/C63H128O32/c1-65-4-5-67-8-9-69-12-13-71-16-17-73-20-21-75-24-25-77-28-29-79-32-33-81-36-37-83-40-41-85-44-45-87-48-49-89-52-53-91-56-57-93-60-61-95-63-62-94-59-58-92-55-54-90-51-50-88-47-46-86-43-42-84-39-38-82-35-34-80-31-30-78-27-26-76-23-22-74-19-18-72-15-14-70-11-10-68-7-6-66-3-2-64/h64H,2-63H2,1H3. The number of hydrogen-bond donors (Lipinski definition) is 1. The molecule has 0 aliphatic carbocycles. The zero-order valence-electron chi connectivity index (χ0n) is 57.9. The van der Waals surface area contributed by atoms with Crippen LogP contribution < -0.4 is 0 Å². The minimum atomic E-state index is 0.0165. The molecule has 0 aliphatic heterocycles. The molecule has 0 rings (SSSR count). The first-order chi connectivity index (χ1) is 47.4. The molecule has 32 nitrogen and oxygen atoms in total. The summed E-state index contributed by atoms with van der Waals surface area (Å²) in [4.78, 5) is 0. The van der Waals surface area contributed by atoms with Gasteiger partial charge in [0.05, 0.1) is 410 Å². The lowest BCUT2D eigenvalue weighted by Gasteiger charge is -2.09. The summed E-state index contributed by atoms with van der Waals surface area (Å²) in [5.41, 5.74) is 0. The monoisotopic (exact) mass is 1400 g/mol. The van der Waals surface area contributed by atoms with Crippen LogP contribution in [0, 0.1) is 0 Å². The highest BCUT2D eigenvalue weighted by molar-refractivity contribution is 4.45. The smallest absolute Gasteiger partial charge is 0.0701 e. The Kier molecular flexibility index (Phi) is 91.5. The maximum Gasteiger partial charge on any atom is 0.0701 e. The van der Waals surface area contributed by atoms with Crippen LogP contribution in [-0.2, 0) is 147 Å².